The summed E-state index contributed by atoms with van der Waals surface area (Å²) in [6.45, 7) is 5.35. The summed E-state index contributed by atoms with van der Waals surface area (Å²) in [7, 11) is 0. The van der Waals surface area contributed by atoms with Crippen molar-refractivity contribution in [2.75, 3.05) is 0 Å². The minimum absolute atomic E-state index is 0.00467. The van der Waals surface area contributed by atoms with Gasteiger partial charge in [-0.3, -0.25) is 4.68 Å². The smallest absolute Gasteiger partial charge is 0.389 e. The number of alkyl halides is 3. The Labute approximate surface area is 98.2 Å². The number of aliphatic hydroxyl groups excluding tert-OH is 1. The van der Waals surface area contributed by atoms with Crippen LogP contribution >= 0.6 is 0 Å². The van der Waals surface area contributed by atoms with E-state index in [4.69, 9.17) is 0 Å². The molecule has 1 atom stereocenters. The van der Waals surface area contributed by atoms with Crippen LogP contribution in [0.15, 0.2) is 0 Å². The van der Waals surface area contributed by atoms with Gasteiger partial charge < -0.3 is 5.11 Å². The molecule has 0 aliphatic rings. The quantitative estimate of drug-likeness (QED) is 0.892. The van der Waals surface area contributed by atoms with E-state index in [1.165, 1.54) is 4.68 Å². The average Bonchev–Trinajstić information content (AvgIpc) is 2.39. The normalized spacial score (nSPS) is 14.1. The lowest BCUT2D eigenvalue weighted by atomic mass is 10.1. The SMILES string of the molecule is Cc1nn(CCCC(F)(F)F)c(C)c1C(C)O. The number of halogens is 3. The molecule has 0 amide bonds. The Kier molecular flexibility index (Phi) is 4.19. The summed E-state index contributed by atoms with van der Waals surface area (Å²) in [5.41, 5.74) is 2.11. The van der Waals surface area contributed by atoms with Crippen molar-refractivity contribution < 1.29 is 18.3 Å². The van der Waals surface area contributed by atoms with Crippen LogP contribution in [-0.2, 0) is 6.54 Å². The first-order valence-corrected chi connectivity index (χ1v) is 5.51. The van der Waals surface area contributed by atoms with Gasteiger partial charge in [-0.1, -0.05) is 0 Å². The maximum absolute atomic E-state index is 12.0. The summed E-state index contributed by atoms with van der Waals surface area (Å²) in [6.07, 6.45) is -5.57. The molecule has 0 spiro atoms. The highest BCUT2D eigenvalue weighted by Gasteiger charge is 2.26. The minimum atomic E-state index is -4.12. The maximum atomic E-state index is 12.0. The first-order chi connectivity index (χ1) is 7.72. The molecule has 1 aromatic rings. The van der Waals surface area contributed by atoms with Crippen molar-refractivity contribution >= 4 is 0 Å². The Morgan fingerprint density at radius 3 is 2.35 bits per heavy atom. The van der Waals surface area contributed by atoms with Crippen LogP contribution in [0, 0.1) is 13.8 Å². The fourth-order valence-corrected chi connectivity index (χ4v) is 1.96. The van der Waals surface area contributed by atoms with Gasteiger partial charge in [0.1, 0.15) is 0 Å². The van der Waals surface area contributed by atoms with Gasteiger partial charge in [0.05, 0.1) is 11.8 Å². The first kappa shape index (κ1) is 14.0. The Morgan fingerprint density at radius 1 is 1.35 bits per heavy atom. The zero-order valence-electron chi connectivity index (χ0n) is 10.2. The van der Waals surface area contributed by atoms with E-state index in [1.54, 1.807) is 20.8 Å². The number of hydrogen-bond donors (Lipinski definition) is 1. The second-order valence-electron chi connectivity index (χ2n) is 4.20. The monoisotopic (exact) mass is 250 g/mol. The number of aromatic nitrogens is 2. The lowest BCUT2D eigenvalue weighted by Gasteiger charge is -2.08. The van der Waals surface area contributed by atoms with Gasteiger partial charge in [0.25, 0.3) is 0 Å². The van der Waals surface area contributed by atoms with E-state index < -0.39 is 18.7 Å². The summed E-state index contributed by atoms with van der Waals surface area (Å²) in [4.78, 5) is 0. The molecule has 1 aromatic heterocycles. The highest BCUT2D eigenvalue weighted by molar-refractivity contribution is 5.26. The molecule has 0 radical (unpaired) electrons. The molecule has 1 unspecified atom stereocenters. The second kappa shape index (κ2) is 5.08. The molecule has 98 valence electrons. The van der Waals surface area contributed by atoms with E-state index in [9.17, 15) is 18.3 Å². The van der Waals surface area contributed by atoms with Crippen LogP contribution in [0.5, 0.6) is 0 Å². The van der Waals surface area contributed by atoms with Crippen LogP contribution in [0.1, 0.15) is 42.8 Å². The van der Waals surface area contributed by atoms with Crippen molar-refractivity contribution in [2.24, 2.45) is 0 Å². The van der Waals surface area contributed by atoms with Gasteiger partial charge in [-0.05, 0) is 27.2 Å². The summed E-state index contributed by atoms with van der Waals surface area (Å²) in [6, 6.07) is 0. The molecular formula is C11H17F3N2O. The van der Waals surface area contributed by atoms with E-state index >= 15 is 0 Å². The van der Waals surface area contributed by atoms with Crippen LogP contribution < -0.4 is 0 Å². The minimum Gasteiger partial charge on any atom is -0.389 e. The average molecular weight is 250 g/mol. The molecule has 1 N–H and O–H groups in total. The third kappa shape index (κ3) is 3.73. The zero-order chi connectivity index (χ0) is 13.2. The van der Waals surface area contributed by atoms with Gasteiger partial charge in [0, 0.05) is 24.2 Å². The van der Waals surface area contributed by atoms with Crippen molar-refractivity contribution in [1.29, 1.82) is 0 Å². The number of nitrogens with zero attached hydrogens (tertiary/aromatic N) is 2. The highest BCUT2D eigenvalue weighted by atomic mass is 19.4. The van der Waals surface area contributed by atoms with Gasteiger partial charge in [-0.15, -0.1) is 0 Å². The van der Waals surface area contributed by atoms with Crippen LogP contribution in [-0.4, -0.2) is 21.1 Å². The summed E-state index contributed by atoms with van der Waals surface area (Å²) in [5.74, 6) is 0. The van der Waals surface area contributed by atoms with Gasteiger partial charge in [-0.2, -0.15) is 18.3 Å². The third-order valence-electron chi connectivity index (χ3n) is 2.69. The maximum Gasteiger partial charge on any atom is 0.389 e. The van der Waals surface area contributed by atoms with Gasteiger partial charge >= 0.3 is 6.18 Å². The van der Waals surface area contributed by atoms with E-state index in [-0.39, 0.29) is 13.0 Å². The van der Waals surface area contributed by atoms with E-state index in [1.807, 2.05) is 0 Å². The van der Waals surface area contributed by atoms with E-state index in [2.05, 4.69) is 5.10 Å². The summed E-state index contributed by atoms with van der Waals surface area (Å²) in [5, 5.41) is 13.7. The van der Waals surface area contributed by atoms with Crippen LogP contribution in [0.4, 0.5) is 13.2 Å². The lowest BCUT2D eigenvalue weighted by molar-refractivity contribution is -0.136. The molecule has 6 heteroatoms. The Hall–Kier alpha value is -1.04. The molecule has 0 bridgehead atoms. The van der Waals surface area contributed by atoms with Crippen LogP contribution in [0.25, 0.3) is 0 Å². The molecule has 0 fully saturated rings. The Bertz CT molecular complexity index is 383. The fraction of sp³-hybridized carbons (Fsp3) is 0.727. The molecule has 0 saturated heterocycles. The number of aryl methyl sites for hydroxylation is 2. The van der Waals surface area contributed by atoms with Crippen molar-refractivity contribution in [3.63, 3.8) is 0 Å². The first-order valence-electron chi connectivity index (χ1n) is 5.51. The molecule has 1 rings (SSSR count). The number of aliphatic hydroxyl groups is 1. The largest absolute Gasteiger partial charge is 0.389 e. The molecule has 0 aliphatic carbocycles. The lowest BCUT2D eigenvalue weighted by Crippen LogP contribution is -2.10. The second-order valence-corrected chi connectivity index (χ2v) is 4.20. The summed E-state index contributed by atoms with van der Waals surface area (Å²) < 4.78 is 37.5. The van der Waals surface area contributed by atoms with E-state index in [0.717, 1.165) is 5.69 Å². The number of rotatable bonds is 4. The molecule has 0 aromatic carbocycles. The molecular weight excluding hydrogens is 233 g/mol. The van der Waals surface area contributed by atoms with E-state index in [0.29, 0.717) is 11.3 Å². The standard InChI is InChI=1S/C11H17F3N2O/c1-7-10(9(3)17)8(2)16(15-7)6-4-5-11(12,13)14/h9,17H,4-6H2,1-3H3. The molecule has 17 heavy (non-hydrogen) atoms. The van der Waals surface area contributed by atoms with Gasteiger partial charge in [0.15, 0.2) is 0 Å². The van der Waals surface area contributed by atoms with Gasteiger partial charge in [-0.25, -0.2) is 0 Å². The van der Waals surface area contributed by atoms with Crippen molar-refractivity contribution in [3.8, 4) is 0 Å². The predicted octanol–water partition coefficient (Wildman–Crippen LogP) is 2.90. The fourth-order valence-electron chi connectivity index (χ4n) is 1.96. The third-order valence-corrected chi connectivity index (χ3v) is 2.69. The van der Waals surface area contributed by atoms with Crippen molar-refractivity contribution in [3.05, 3.63) is 17.0 Å². The zero-order valence-corrected chi connectivity index (χ0v) is 10.2. The number of hydrogen-bond acceptors (Lipinski definition) is 2. The predicted molar refractivity (Wildman–Crippen MR) is 57.6 cm³/mol. The Morgan fingerprint density at radius 2 is 1.94 bits per heavy atom. The molecule has 0 saturated carbocycles. The van der Waals surface area contributed by atoms with Crippen LogP contribution in [0.2, 0.25) is 0 Å². The molecule has 0 aliphatic heterocycles. The molecule has 1 heterocycles. The highest BCUT2D eigenvalue weighted by Crippen LogP contribution is 2.24. The van der Waals surface area contributed by atoms with Crippen LogP contribution in [0.3, 0.4) is 0 Å². The van der Waals surface area contributed by atoms with Crippen molar-refractivity contribution in [2.45, 2.75) is 52.4 Å². The van der Waals surface area contributed by atoms with Crippen molar-refractivity contribution in [1.82, 2.24) is 9.78 Å². The summed E-state index contributed by atoms with van der Waals surface area (Å²) >= 11 is 0. The topological polar surface area (TPSA) is 38.0 Å². The Balaban J connectivity index is 2.70. The van der Waals surface area contributed by atoms with Gasteiger partial charge in [0.2, 0.25) is 0 Å². The molecule has 3 nitrogen and oxygen atoms in total.